The van der Waals surface area contributed by atoms with Crippen LogP contribution in [-0.2, 0) is 11.3 Å². The zero-order valence-electron chi connectivity index (χ0n) is 11.5. The third-order valence-electron chi connectivity index (χ3n) is 3.24. The third kappa shape index (κ3) is 3.41. The van der Waals surface area contributed by atoms with Crippen LogP contribution in [0.2, 0.25) is 0 Å². The summed E-state index contributed by atoms with van der Waals surface area (Å²) in [4.78, 5) is 21.9. The average molecular weight is 263 g/mol. The molecule has 1 amide bonds. The van der Waals surface area contributed by atoms with Gasteiger partial charge in [0.2, 0.25) is 11.9 Å². The number of nitrogens with one attached hydrogen (secondary N) is 1. The van der Waals surface area contributed by atoms with E-state index in [-0.39, 0.29) is 11.9 Å². The zero-order valence-corrected chi connectivity index (χ0v) is 11.5. The van der Waals surface area contributed by atoms with Crippen molar-refractivity contribution in [3.05, 3.63) is 18.0 Å². The van der Waals surface area contributed by atoms with Gasteiger partial charge >= 0.3 is 0 Å². The molecule has 1 aromatic heterocycles. The first-order valence-corrected chi connectivity index (χ1v) is 6.68. The van der Waals surface area contributed by atoms with Gasteiger partial charge in [0.1, 0.15) is 6.04 Å². The van der Waals surface area contributed by atoms with Gasteiger partial charge in [0.05, 0.1) is 0 Å². The second kappa shape index (κ2) is 5.97. The van der Waals surface area contributed by atoms with Crippen LogP contribution in [0.3, 0.4) is 0 Å². The minimum atomic E-state index is -0.299. The van der Waals surface area contributed by atoms with Gasteiger partial charge in [0.15, 0.2) is 0 Å². The van der Waals surface area contributed by atoms with Crippen molar-refractivity contribution in [1.29, 1.82) is 0 Å². The summed E-state index contributed by atoms with van der Waals surface area (Å²) in [6.45, 7) is 5.72. The van der Waals surface area contributed by atoms with Crippen molar-refractivity contribution in [2.75, 3.05) is 11.4 Å². The Balaban J connectivity index is 2.03. The standard InChI is InChI=1S/C13H21N5O/c1-9(2)15-6-10-7-16-13(17-8-10)18-5-3-4-11(18)12(14)19/h7-9,11,15H,3-6H2,1-2H3,(H2,14,19). The van der Waals surface area contributed by atoms with E-state index in [1.165, 1.54) is 0 Å². The Morgan fingerprint density at radius 2 is 2.21 bits per heavy atom. The van der Waals surface area contributed by atoms with Gasteiger partial charge in [-0.1, -0.05) is 13.8 Å². The monoisotopic (exact) mass is 263 g/mol. The summed E-state index contributed by atoms with van der Waals surface area (Å²) in [5, 5.41) is 3.31. The summed E-state index contributed by atoms with van der Waals surface area (Å²) >= 11 is 0. The molecule has 1 saturated heterocycles. The number of nitrogens with two attached hydrogens (primary N) is 1. The highest BCUT2D eigenvalue weighted by molar-refractivity contribution is 5.83. The minimum absolute atomic E-state index is 0.264. The summed E-state index contributed by atoms with van der Waals surface area (Å²) in [5.74, 6) is 0.293. The van der Waals surface area contributed by atoms with Gasteiger partial charge in [-0.15, -0.1) is 0 Å². The molecular weight excluding hydrogens is 242 g/mol. The second-order valence-electron chi connectivity index (χ2n) is 5.18. The van der Waals surface area contributed by atoms with Crippen LogP contribution >= 0.6 is 0 Å². The van der Waals surface area contributed by atoms with Crippen LogP contribution < -0.4 is 16.0 Å². The molecule has 1 unspecified atom stereocenters. The van der Waals surface area contributed by atoms with E-state index in [0.717, 1.165) is 31.5 Å². The molecule has 6 nitrogen and oxygen atoms in total. The molecule has 104 valence electrons. The van der Waals surface area contributed by atoms with Gasteiger partial charge < -0.3 is 16.0 Å². The minimum Gasteiger partial charge on any atom is -0.368 e. The maximum atomic E-state index is 11.3. The number of carbonyl (C=O) groups is 1. The lowest BCUT2D eigenvalue weighted by Gasteiger charge is -2.21. The van der Waals surface area contributed by atoms with Crippen molar-refractivity contribution in [2.45, 2.75) is 45.3 Å². The van der Waals surface area contributed by atoms with Crippen LogP contribution in [0.1, 0.15) is 32.3 Å². The van der Waals surface area contributed by atoms with Gasteiger partial charge in [0.25, 0.3) is 0 Å². The zero-order chi connectivity index (χ0) is 13.8. The van der Waals surface area contributed by atoms with E-state index in [9.17, 15) is 4.79 Å². The summed E-state index contributed by atoms with van der Waals surface area (Å²) in [6, 6.07) is 0.164. The Hall–Kier alpha value is -1.69. The van der Waals surface area contributed by atoms with E-state index >= 15 is 0 Å². The number of primary amides is 1. The Kier molecular flexibility index (Phi) is 4.31. The molecule has 0 saturated carbocycles. The summed E-state index contributed by atoms with van der Waals surface area (Å²) in [7, 11) is 0. The predicted octanol–water partition coefficient (Wildman–Crippen LogP) is 0.429. The Bertz CT molecular complexity index is 431. The van der Waals surface area contributed by atoms with Crippen molar-refractivity contribution < 1.29 is 4.79 Å². The molecule has 0 radical (unpaired) electrons. The van der Waals surface area contributed by atoms with Gasteiger partial charge in [-0.3, -0.25) is 4.79 Å². The second-order valence-corrected chi connectivity index (χ2v) is 5.18. The predicted molar refractivity (Wildman–Crippen MR) is 73.6 cm³/mol. The number of amides is 1. The van der Waals surface area contributed by atoms with Crippen LogP contribution in [0.15, 0.2) is 12.4 Å². The summed E-state index contributed by atoms with van der Waals surface area (Å²) in [5.41, 5.74) is 6.42. The molecule has 1 aromatic rings. The van der Waals surface area contributed by atoms with Gasteiger partial charge in [-0.2, -0.15) is 0 Å². The Morgan fingerprint density at radius 3 is 2.79 bits per heavy atom. The largest absolute Gasteiger partial charge is 0.368 e. The van der Waals surface area contributed by atoms with Gasteiger partial charge in [-0.05, 0) is 12.8 Å². The molecule has 2 heterocycles. The number of hydrogen-bond acceptors (Lipinski definition) is 5. The molecule has 0 aromatic carbocycles. The molecule has 2 rings (SSSR count). The van der Waals surface area contributed by atoms with Crippen LogP contribution in [0, 0.1) is 0 Å². The number of carbonyl (C=O) groups excluding carboxylic acids is 1. The van der Waals surface area contributed by atoms with Crippen molar-refractivity contribution in [3.63, 3.8) is 0 Å². The van der Waals surface area contributed by atoms with Crippen LogP contribution in [-0.4, -0.2) is 34.5 Å². The fourth-order valence-electron chi connectivity index (χ4n) is 2.21. The van der Waals surface area contributed by atoms with Crippen molar-refractivity contribution in [2.24, 2.45) is 5.73 Å². The van der Waals surface area contributed by atoms with Crippen LogP contribution in [0.4, 0.5) is 5.95 Å². The van der Waals surface area contributed by atoms with Crippen molar-refractivity contribution >= 4 is 11.9 Å². The maximum absolute atomic E-state index is 11.3. The van der Waals surface area contributed by atoms with E-state index < -0.39 is 0 Å². The summed E-state index contributed by atoms with van der Waals surface area (Å²) < 4.78 is 0. The first-order valence-electron chi connectivity index (χ1n) is 6.68. The van der Waals surface area contributed by atoms with Crippen LogP contribution in [0.5, 0.6) is 0 Å². The van der Waals surface area contributed by atoms with E-state index in [1.54, 1.807) is 12.4 Å². The molecule has 6 heteroatoms. The number of hydrogen-bond donors (Lipinski definition) is 2. The van der Waals surface area contributed by atoms with E-state index in [2.05, 4.69) is 29.1 Å². The Morgan fingerprint density at radius 1 is 1.53 bits per heavy atom. The Labute approximate surface area is 113 Å². The highest BCUT2D eigenvalue weighted by atomic mass is 16.1. The molecule has 0 bridgehead atoms. The fourth-order valence-corrected chi connectivity index (χ4v) is 2.21. The molecule has 1 aliphatic rings. The number of rotatable bonds is 5. The number of nitrogens with zero attached hydrogens (tertiary/aromatic N) is 3. The van der Waals surface area contributed by atoms with Gasteiger partial charge in [-0.25, -0.2) is 9.97 Å². The molecule has 1 fully saturated rings. The molecule has 0 spiro atoms. The quantitative estimate of drug-likeness (QED) is 0.804. The normalized spacial score (nSPS) is 19.1. The fraction of sp³-hybridized carbons (Fsp3) is 0.615. The molecule has 19 heavy (non-hydrogen) atoms. The van der Waals surface area contributed by atoms with E-state index in [4.69, 9.17) is 5.73 Å². The maximum Gasteiger partial charge on any atom is 0.240 e. The van der Waals surface area contributed by atoms with Crippen molar-refractivity contribution in [3.8, 4) is 0 Å². The van der Waals surface area contributed by atoms with Crippen molar-refractivity contribution in [1.82, 2.24) is 15.3 Å². The average Bonchev–Trinajstić information content (AvgIpc) is 2.86. The number of anilines is 1. The molecule has 1 aliphatic heterocycles. The van der Waals surface area contributed by atoms with E-state index in [0.29, 0.717) is 12.0 Å². The third-order valence-corrected chi connectivity index (χ3v) is 3.24. The highest BCUT2D eigenvalue weighted by Crippen LogP contribution is 2.21. The molecule has 3 N–H and O–H groups in total. The molecule has 0 aliphatic carbocycles. The topological polar surface area (TPSA) is 84.1 Å². The smallest absolute Gasteiger partial charge is 0.240 e. The highest BCUT2D eigenvalue weighted by Gasteiger charge is 2.30. The molecular formula is C13H21N5O. The lowest BCUT2D eigenvalue weighted by molar-refractivity contribution is -0.119. The first kappa shape index (κ1) is 13.7. The van der Waals surface area contributed by atoms with E-state index in [1.807, 2.05) is 4.90 Å². The lowest BCUT2D eigenvalue weighted by atomic mass is 10.2. The molecule has 1 atom stereocenters. The lowest BCUT2D eigenvalue weighted by Crippen LogP contribution is -2.41. The van der Waals surface area contributed by atoms with Crippen LogP contribution in [0.25, 0.3) is 0 Å². The summed E-state index contributed by atoms with van der Waals surface area (Å²) in [6.07, 6.45) is 5.34. The first-order chi connectivity index (χ1) is 9.08. The SMILES string of the molecule is CC(C)NCc1cnc(N2CCCC2C(N)=O)nc1. The number of aromatic nitrogens is 2. The van der Waals surface area contributed by atoms with Gasteiger partial charge in [0, 0.05) is 37.1 Å².